The molecular formula is C27H34N2O3S. The molecule has 3 aliphatic rings. The molecule has 33 heavy (non-hydrogen) atoms. The molecule has 1 aromatic carbocycles. The van der Waals surface area contributed by atoms with Crippen LogP contribution in [0.1, 0.15) is 60.6 Å². The Morgan fingerprint density at radius 1 is 1.12 bits per heavy atom. The van der Waals surface area contributed by atoms with Crippen molar-refractivity contribution in [2.45, 2.75) is 57.9 Å². The number of para-hydroxylation sites is 1. The Labute approximate surface area is 200 Å². The second-order valence-electron chi connectivity index (χ2n) is 9.87. The highest BCUT2D eigenvalue weighted by Crippen LogP contribution is 2.35. The maximum atomic E-state index is 13.6. The molecule has 1 unspecified atom stereocenters. The number of carbonyl (C=O) groups is 2. The fraction of sp³-hybridized carbons (Fsp3) is 0.556. The van der Waals surface area contributed by atoms with Crippen LogP contribution >= 0.6 is 11.3 Å². The van der Waals surface area contributed by atoms with Crippen LogP contribution in [0.5, 0.6) is 5.75 Å². The lowest BCUT2D eigenvalue weighted by Crippen LogP contribution is -2.49. The van der Waals surface area contributed by atoms with E-state index in [1.54, 1.807) is 11.3 Å². The van der Waals surface area contributed by atoms with E-state index in [-0.39, 0.29) is 30.3 Å². The zero-order valence-electron chi connectivity index (χ0n) is 19.5. The summed E-state index contributed by atoms with van der Waals surface area (Å²) in [4.78, 5) is 32.1. The second-order valence-corrected chi connectivity index (χ2v) is 10.9. The van der Waals surface area contributed by atoms with Crippen molar-refractivity contribution < 1.29 is 14.3 Å². The molecule has 176 valence electrons. The standard InChI is InChI=1S/C27H34N2O3S/c1-19-6-2-5-9-24(19)32-18-23-22-13-15-33-25(22)12-14-29(23)26(30)17-28(16-20-10-11-20)27(31)21-7-3-4-8-21/h2,5-6,9,13,15,20-21,23H,3-4,7-8,10-12,14,16-18H2,1H3. The van der Waals surface area contributed by atoms with Gasteiger partial charge < -0.3 is 14.5 Å². The Morgan fingerprint density at radius 2 is 1.91 bits per heavy atom. The number of aryl methyl sites for hydroxylation is 1. The fourth-order valence-electron chi connectivity index (χ4n) is 5.29. The molecule has 2 heterocycles. The van der Waals surface area contributed by atoms with E-state index < -0.39 is 0 Å². The van der Waals surface area contributed by atoms with Gasteiger partial charge >= 0.3 is 0 Å². The van der Waals surface area contributed by atoms with Crippen molar-refractivity contribution in [2.75, 3.05) is 26.2 Å². The zero-order chi connectivity index (χ0) is 22.8. The van der Waals surface area contributed by atoms with Crippen LogP contribution < -0.4 is 4.74 Å². The average Bonchev–Trinajstić information content (AvgIpc) is 3.26. The molecule has 0 bridgehead atoms. The molecular weight excluding hydrogens is 432 g/mol. The highest BCUT2D eigenvalue weighted by Gasteiger charge is 2.36. The highest BCUT2D eigenvalue weighted by molar-refractivity contribution is 7.10. The predicted molar refractivity (Wildman–Crippen MR) is 130 cm³/mol. The molecule has 5 nitrogen and oxygen atoms in total. The van der Waals surface area contributed by atoms with Crippen molar-refractivity contribution in [3.8, 4) is 5.75 Å². The summed E-state index contributed by atoms with van der Waals surface area (Å²) in [5, 5.41) is 2.11. The van der Waals surface area contributed by atoms with Crippen molar-refractivity contribution in [1.82, 2.24) is 9.80 Å². The largest absolute Gasteiger partial charge is 0.491 e. The molecule has 6 heteroatoms. The van der Waals surface area contributed by atoms with Gasteiger partial charge in [0, 0.05) is 23.9 Å². The summed E-state index contributed by atoms with van der Waals surface area (Å²) < 4.78 is 6.22. The van der Waals surface area contributed by atoms with Crippen molar-refractivity contribution in [2.24, 2.45) is 11.8 Å². The number of hydrogen-bond donors (Lipinski definition) is 0. The summed E-state index contributed by atoms with van der Waals surface area (Å²) >= 11 is 1.76. The van der Waals surface area contributed by atoms with E-state index in [1.807, 2.05) is 41.0 Å². The van der Waals surface area contributed by atoms with Gasteiger partial charge in [0.05, 0.1) is 12.6 Å². The Balaban J connectivity index is 1.32. The summed E-state index contributed by atoms with van der Waals surface area (Å²) in [5.74, 6) is 1.81. The number of carbonyl (C=O) groups excluding carboxylic acids is 2. The zero-order valence-corrected chi connectivity index (χ0v) is 20.3. The molecule has 2 aromatic rings. The van der Waals surface area contributed by atoms with Crippen LogP contribution in [-0.2, 0) is 16.0 Å². The minimum absolute atomic E-state index is 0.0530. The summed E-state index contributed by atoms with van der Waals surface area (Å²) in [5.41, 5.74) is 2.29. The third kappa shape index (κ3) is 5.11. The van der Waals surface area contributed by atoms with Gasteiger partial charge in [0.1, 0.15) is 12.4 Å². The molecule has 0 N–H and O–H groups in total. The number of thiophene rings is 1. The monoisotopic (exact) mass is 466 g/mol. The quantitative estimate of drug-likeness (QED) is 0.551. The van der Waals surface area contributed by atoms with E-state index in [4.69, 9.17) is 4.74 Å². The molecule has 0 saturated heterocycles. The third-order valence-electron chi connectivity index (χ3n) is 7.42. The number of rotatable bonds is 8. The first-order valence-electron chi connectivity index (χ1n) is 12.4. The first kappa shape index (κ1) is 22.5. The van der Waals surface area contributed by atoms with Crippen molar-refractivity contribution in [3.05, 3.63) is 51.7 Å². The van der Waals surface area contributed by atoms with Crippen LogP contribution in [0.4, 0.5) is 0 Å². The number of benzene rings is 1. The van der Waals surface area contributed by atoms with Gasteiger partial charge in [-0.15, -0.1) is 11.3 Å². The highest BCUT2D eigenvalue weighted by atomic mass is 32.1. The van der Waals surface area contributed by atoms with E-state index in [1.165, 1.54) is 23.3 Å². The van der Waals surface area contributed by atoms with Gasteiger partial charge in [-0.1, -0.05) is 31.0 Å². The lowest BCUT2D eigenvalue weighted by atomic mass is 10.00. The molecule has 2 saturated carbocycles. The third-order valence-corrected chi connectivity index (χ3v) is 8.42. The normalized spacial score (nSPS) is 20.5. The maximum absolute atomic E-state index is 13.6. The minimum Gasteiger partial charge on any atom is -0.491 e. The number of amides is 2. The average molecular weight is 467 g/mol. The molecule has 0 spiro atoms. The van der Waals surface area contributed by atoms with Gasteiger partial charge in [0.2, 0.25) is 11.8 Å². The SMILES string of the molecule is Cc1ccccc1OCC1c2ccsc2CCN1C(=O)CN(CC1CC1)C(=O)C1CCCC1. The van der Waals surface area contributed by atoms with Gasteiger partial charge in [-0.2, -0.15) is 0 Å². The Kier molecular flexibility index (Phi) is 6.72. The van der Waals surface area contributed by atoms with Gasteiger partial charge in [-0.3, -0.25) is 9.59 Å². The summed E-state index contributed by atoms with van der Waals surface area (Å²) in [6.07, 6.45) is 7.44. The van der Waals surface area contributed by atoms with Crippen LogP contribution in [0, 0.1) is 18.8 Å². The molecule has 2 amide bonds. The number of ether oxygens (including phenoxy) is 1. The number of hydrogen-bond acceptors (Lipinski definition) is 4. The minimum atomic E-state index is -0.114. The van der Waals surface area contributed by atoms with Crippen molar-refractivity contribution in [3.63, 3.8) is 0 Å². The first-order valence-corrected chi connectivity index (χ1v) is 13.3. The molecule has 1 aromatic heterocycles. The summed E-state index contributed by atoms with van der Waals surface area (Å²) in [7, 11) is 0. The number of nitrogens with zero attached hydrogens (tertiary/aromatic N) is 2. The van der Waals surface area contributed by atoms with E-state index in [0.717, 1.165) is 50.0 Å². The first-order chi connectivity index (χ1) is 16.1. The van der Waals surface area contributed by atoms with Gasteiger partial charge in [0.25, 0.3) is 0 Å². The molecule has 2 aliphatic carbocycles. The lowest BCUT2D eigenvalue weighted by Gasteiger charge is -2.37. The number of fused-ring (bicyclic) bond motifs is 1. The van der Waals surface area contributed by atoms with E-state index in [9.17, 15) is 9.59 Å². The Morgan fingerprint density at radius 3 is 2.67 bits per heavy atom. The van der Waals surface area contributed by atoms with Crippen molar-refractivity contribution >= 4 is 23.2 Å². The smallest absolute Gasteiger partial charge is 0.242 e. The van der Waals surface area contributed by atoms with Crippen LogP contribution in [0.3, 0.4) is 0 Å². The van der Waals surface area contributed by atoms with Crippen LogP contribution in [0.25, 0.3) is 0 Å². The topological polar surface area (TPSA) is 49.9 Å². The second kappa shape index (κ2) is 9.88. The maximum Gasteiger partial charge on any atom is 0.242 e. The van der Waals surface area contributed by atoms with Crippen LogP contribution in [0.15, 0.2) is 35.7 Å². The lowest BCUT2D eigenvalue weighted by molar-refractivity contribution is -0.145. The van der Waals surface area contributed by atoms with Gasteiger partial charge in [-0.25, -0.2) is 0 Å². The molecule has 2 fully saturated rings. The predicted octanol–water partition coefficient (Wildman–Crippen LogP) is 4.99. The van der Waals surface area contributed by atoms with Gasteiger partial charge in [-0.05, 0) is 73.6 Å². The molecule has 1 aliphatic heterocycles. The molecule has 1 atom stereocenters. The molecule has 5 rings (SSSR count). The van der Waals surface area contributed by atoms with E-state index >= 15 is 0 Å². The van der Waals surface area contributed by atoms with E-state index in [0.29, 0.717) is 19.1 Å². The van der Waals surface area contributed by atoms with Crippen LogP contribution in [0.2, 0.25) is 0 Å². The molecule has 0 radical (unpaired) electrons. The van der Waals surface area contributed by atoms with Crippen molar-refractivity contribution in [1.29, 1.82) is 0 Å². The fourth-order valence-corrected chi connectivity index (χ4v) is 6.22. The summed E-state index contributed by atoms with van der Waals surface area (Å²) in [6, 6.07) is 10.0. The van der Waals surface area contributed by atoms with Crippen LogP contribution in [-0.4, -0.2) is 47.9 Å². The van der Waals surface area contributed by atoms with E-state index in [2.05, 4.69) is 11.4 Å². The van der Waals surface area contributed by atoms with Gasteiger partial charge in [0.15, 0.2) is 0 Å². The Bertz CT molecular complexity index is 993. The summed E-state index contributed by atoms with van der Waals surface area (Å²) in [6.45, 7) is 4.09. The Hall–Kier alpha value is -2.34.